The largest absolute Gasteiger partial charge is 0.378 e. The van der Waals surface area contributed by atoms with E-state index >= 15 is 0 Å². The number of rotatable bonds is 4. The summed E-state index contributed by atoms with van der Waals surface area (Å²) in [5.74, 6) is 0. The smallest absolute Gasteiger partial charge is 0.122 e. The third-order valence-corrected chi connectivity index (χ3v) is 1.11. The highest BCUT2D eigenvalue weighted by atomic mass is 16.5. The van der Waals surface area contributed by atoms with Gasteiger partial charge in [0, 0.05) is 6.42 Å². The summed E-state index contributed by atoms with van der Waals surface area (Å²) in [6, 6.07) is 0. The Bertz CT molecular complexity index is 76.6. The Balaban J connectivity index is 1.80. The Labute approximate surface area is 48.8 Å². The van der Waals surface area contributed by atoms with Crippen LogP contribution in [-0.4, -0.2) is 19.0 Å². The van der Waals surface area contributed by atoms with Crippen molar-refractivity contribution < 1.29 is 9.53 Å². The molecule has 0 spiro atoms. The van der Waals surface area contributed by atoms with Gasteiger partial charge < -0.3 is 9.53 Å². The van der Waals surface area contributed by atoms with Crippen LogP contribution in [0.15, 0.2) is 0 Å². The highest BCUT2D eigenvalue weighted by Gasteiger charge is 2.21. The van der Waals surface area contributed by atoms with E-state index in [2.05, 4.69) is 0 Å². The maximum absolute atomic E-state index is 9.73. The lowest BCUT2D eigenvalue weighted by molar-refractivity contribution is -0.108. The van der Waals surface area contributed by atoms with Crippen molar-refractivity contribution in [2.24, 2.45) is 0 Å². The van der Waals surface area contributed by atoms with Gasteiger partial charge in [0.15, 0.2) is 0 Å². The first-order chi connectivity index (χ1) is 3.93. The van der Waals surface area contributed by atoms with Gasteiger partial charge in [0.1, 0.15) is 6.29 Å². The zero-order chi connectivity index (χ0) is 5.82. The van der Waals surface area contributed by atoms with Gasteiger partial charge >= 0.3 is 0 Å². The van der Waals surface area contributed by atoms with Crippen molar-refractivity contribution in [1.29, 1.82) is 0 Å². The van der Waals surface area contributed by atoms with E-state index < -0.39 is 0 Å². The predicted octanol–water partition coefficient (Wildman–Crippen LogP) is 0.754. The minimum absolute atomic E-state index is 0.495. The van der Waals surface area contributed by atoms with Crippen LogP contribution in [0.2, 0.25) is 0 Å². The molecule has 0 atom stereocenters. The minimum atomic E-state index is 0.495. The lowest BCUT2D eigenvalue weighted by Crippen LogP contribution is -1.95. The molecule has 0 heterocycles. The van der Waals surface area contributed by atoms with Crippen molar-refractivity contribution in [3.8, 4) is 0 Å². The van der Waals surface area contributed by atoms with Crippen LogP contribution in [0, 0.1) is 0 Å². The average Bonchev–Trinajstić information content (AvgIpc) is 2.51. The SMILES string of the molecule is O=CCCOC1CC1. The second-order valence-corrected chi connectivity index (χ2v) is 2.03. The molecule has 2 nitrogen and oxygen atoms in total. The van der Waals surface area contributed by atoms with Crippen molar-refractivity contribution in [3.05, 3.63) is 0 Å². The molecule has 0 radical (unpaired) electrons. The summed E-state index contributed by atoms with van der Waals surface area (Å²) in [4.78, 5) is 9.73. The Morgan fingerprint density at radius 2 is 2.38 bits per heavy atom. The summed E-state index contributed by atoms with van der Waals surface area (Å²) in [6.45, 7) is 0.619. The van der Waals surface area contributed by atoms with Gasteiger partial charge in [-0.25, -0.2) is 0 Å². The first-order valence-corrected chi connectivity index (χ1v) is 2.98. The van der Waals surface area contributed by atoms with Crippen molar-refractivity contribution >= 4 is 6.29 Å². The first kappa shape index (κ1) is 5.76. The van der Waals surface area contributed by atoms with Crippen molar-refractivity contribution in [2.45, 2.75) is 25.4 Å². The molecule has 0 aliphatic heterocycles. The molecule has 0 unspecified atom stereocenters. The van der Waals surface area contributed by atoms with E-state index in [0.29, 0.717) is 19.1 Å². The molecule has 1 aliphatic rings. The summed E-state index contributed by atoms with van der Waals surface area (Å²) >= 11 is 0. The number of aldehydes is 1. The van der Waals surface area contributed by atoms with Crippen LogP contribution in [0.4, 0.5) is 0 Å². The normalized spacial score (nSPS) is 18.5. The zero-order valence-corrected chi connectivity index (χ0v) is 4.80. The molecule has 1 fully saturated rings. The van der Waals surface area contributed by atoms with Crippen LogP contribution in [0.3, 0.4) is 0 Å². The number of carbonyl (C=O) groups excluding carboxylic acids is 1. The monoisotopic (exact) mass is 114 g/mol. The van der Waals surface area contributed by atoms with E-state index in [1.54, 1.807) is 0 Å². The van der Waals surface area contributed by atoms with Crippen LogP contribution in [0.5, 0.6) is 0 Å². The van der Waals surface area contributed by atoms with Gasteiger partial charge in [-0.2, -0.15) is 0 Å². The maximum atomic E-state index is 9.73. The summed E-state index contributed by atoms with van der Waals surface area (Å²) in [5, 5.41) is 0. The zero-order valence-electron chi connectivity index (χ0n) is 4.80. The second-order valence-electron chi connectivity index (χ2n) is 2.03. The molecule has 0 aromatic rings. The van der Waals surface area contributed by atoms with Gasteiger partial charge in [-0.3, -0.25) is 0 Å². The highest BCUT2D eigenvalue weighted by molar-refractivity contribution is 5.49. The lowest BCUT2D eigenvalue weighted by Gasteiger charge is -1.93. The van der Waals surface area contributed by atoms with Crippen LogP contribution in [0.25, 0.3) is 0 Å². The molecule has 0 saturated heterocycles. The fourth-order valence-corrected chi connectivity index (χ4v) is 0.518. The molecule has 8 heavy (non-hydrogen) atoms. The standard InChI is InChI=1S/C6H10O2/c7-4-1-5-8-6-2-3-6/h4,6H,1-3,5H2. The molecular formula is C6H10O2. The van der Waals surface area contributed by atoms with Crippen LogP contribution in [0.1, 0.15) is 19.3 Å². The summed E-state index contributed by atoms with van der Waals surface area (Å²) < 4.78 is 5.16. The summed E-state index contributed by atoms with van der Waals surface area (Å²) in [5.41, 5.74) is 0. The third-order valence-electron chi connectivity index (χ3n) is 1.11. The molecule has 46 valence electrons. The predicted molar refractivity (Wildman–Crippen MR) is 29.7 cm³/mol. The van der Waals surface area contributed by atoms with Crippen molar-refractivity contribution in [1.82, 2.24) is 0 Å². The Kier molecular flexibility index (Phi) is 2.03. The molecule has 0 aromatic carbocycles. The lowest BCUT2D eigenvalue weighted by atomic mass is 10.5. The maximum Gasteiger partial charge on any atom is 0.122 e. The average molecular weight is 114 g/mol. The van der Waals surface area contributed by atoms with E-state index in [1.165, 1.54) is 12.8 Å². The van der Waals surface area contributed by atoms with Gasteiger partial charge in [-0.15, -0.1) is 0 Å². The van der Waals surface area contributed by atoms with E-state index in [0.717, 1.165) is 6.29 Å². The Morgan fingerprint density at radius 1 is 1.62 bits per heavy atom. The van der Waals surface area contributed by atoms with Gasteiger partial charge in [-0.1, -0.05) is 0 Å². The number of hydrogen-bond acceptors (Lipinski definition) is 2. The molecular weight excluding hydrogens is 104 g/mol. The molecule has 0 amide bonds. The van der Waals surface area contributed by atoms with E-state index in [1.807, 2.05) is 0 Å². The van der Waals surface area contributed by atoms with Crippen molar-refractivity contribution in [3.63, 3.8) is 0 Å². The molecule has 0 bridgehead atoms. The highest BCUT2D eigenvalue weighted by Crippen LogP contribution is 2.22. The fourth-order valence-electron chi connectivity index (χ4n) is 0.518. The molecule has 1 rings (SSSR count). The number of carbonyl (C=O) groups is 1. The van der Waals surface area contributed by atoms with Gasteiger partial charge in [-0.05, 0) is 12.8 Å². The summed E-state index contributed by atoms with van der Waals surface area (Å²) in [7, 11) is 0. The van der Waals surface area contributed by atoms with Crippen LogP contribution in [-0.2, 0) is 9.53 Å². The van der Waals surface area contributed by atoms with Crippen LogP contribution < -0.4 is 0 Å². The molecule has 1 aliphatic carbocycles. The number of hydrogen-bond donors (Lipinski definition) is 0. The third kappa shape index (κ3) is 2.07. The molecule has 1 saturated carbocycles. The topological polar surface area (TPSA) is 26.3 Å². The van der Waals surface area contributed by atoms with Gasteiger partial charge in [0.25, 0.3) is 0 Å². The van der Waals surface area contributed by atoms with Crippen molar-refractivity contribution in [2.75, 3.05) is 6.61 Å². The molecule has 0 N–H and O–H groups in total. The quantitative estimate of drug-likeness (QED) is 0.398. The van der Waals surface area contributed by atoms with E-state index in [9.17, 15) is 4.79 Å². The van der Waals surface area contributed by atoms with Crippen LogP contribution >= 0.6 is 0 Å². The Morgan fingerprint density at radius 3 is 2.88 bits per heavy atom. The molecule has 0 aromatic heterocycles. The fraction of sp³-hybridized carbons (Fsp3) is 0.833. The minimum Gasteiger partial charge on any atom is -0.378 e. The van der Waals surface area contributed by atoms with Gasteiger partial charge in [0.2, 0.25) is 0 Å². The summed E-state index contributed by atoms with van der Waals surface area (Å²) in [6.07, 6.45) is 4.33. The second kappa shape index (κ2) is 2.82. The first-order valence-electron chi connectivity index (χ1n) is 2.98. The van der Waals surface area contributed by atoms with E-state index in [4.69, 9.17) is 4.74 Å². The number of ether oxygens (including phenoxy) is 1. The van der Waals surface area contributed by atoms with E-state index in [-0.39, 0.29) is 0 Å². The molecule has 2 heteroatoms. The van der Waals surface area contributed by atoms with Gasteiger partial charge in [0.05, 0.1) is 12.7 Å². The Hall–Kier alpha value is -0.370.